The van der Waals surface area contributed by atoms with E-state index in [1.54, 1.807) is 24.3 Å². The highest BCUT2D eigenvalue weighted by atomic mass is 35.5. The lowest BCUT2D eigenvalue weighted by atomic mass is 9.97. The fourth-order valence-electron chi connectivity index (χ4n) is 3.27. The van der Waals surface area contributed by atoms with Gasteiger partial charge in [-0.1, -0.05) is 58.0 Å². The summed E-state index contributed by atoms with van der Waals surface area (Å²) in [6.45, 7) is 3.32. The zero-order chi connectivity index (χ0) is 20.5. The predicted molar refractivity (Wildman–Crippen MR) is 106 cm³/mol. The molecule has 0 saturated carbocycles. The first-order chi connectivity index (χ1) is 13.2. The Morgan fingerprint density at radius 1 is 1.18 bits per heavy atom. The number of hydrogen-bond acceptors (Lipinski definition) is 4. The summed E-state index contributed by atoms with van der Waals surface area (Å²) in [4.78, 5) is 17.5. The SMILES string of the molecule is C=CCON(C1(C(=O)O)Cc2ccccc2C1)S(=O)(=O)c1cc(Cl)cc(Cl)c1. The van der Waals surface area contributed by atoms with Crippen LogP contribution in [0.15, 0.2) is 60.0 Å². The maximum atomic E-state index is 13.4. The van der Waals surface area contributed by atoms with Crippen LogP contribution in [0.5, 0.6) is 0 Å². The van der Waals surface area contributed by atoms with Crippen molar-refractivity contribution >= 4 is 39.2 Å². The molecule has 0 amide bonds. The fourth-order valence-corrected chi connectivity index (χ4v) is 5.54. The number of carboxylic acids is 1. The molecule has 0 spiro atoms. The molecule has 1 N–H and O–H groups in total. The second kappa shape index (κ2) is 7.85. The molecule has 9 heteroatoms. The van der Waals surface area contributed by atoms with Crippen LogP contribution in [0.2, 0.25) is 10.0 Å². The summed E-state index contributed by atoms with van der Waals surface area (Å²) in [5.74, 6) is -1.32. The highest BCUT2D eigenvalue weighted by Crippen LogP contribution is 2.39. The van der Waals surface area contributed by atoms with Crippen molar-refractivity contribution in [2.24, 2.45) is 0 Å². The third-order valence-electron chi connectivity index (χ3n) is 4.49. The predicted octanol–water partition coefficient (Wildman–Crippen LogP) is 3.72. The third-order valence-corrected chi connectivity index (χ3v) is 6.65. The molecule has 0 radical (unpaired) electrons. The van der Waals surface area contributed by atoms with E-state index in [1.807, 2.05) is 0 Å². The van der Waals surface area contributed by atoms with E-state index < -0.39 is 21.5 Å². The summed E-state index contributed by atoms with van der Waals surface area (Å²) in [5, 5.41) is 10.3. The second-order valence-electron chi connectivity index (χ2n) is 6.38. The minimum absolute atomic E-state index is 0.0385. The molecule has 3 rings (SSSR count). The lowest BCUT2D eigenvalue weighted by Crippen LogP contribution is -2.57. The first-order valence-corrected chi connectivity index (χ1v) is 10.5. The van der Waals surface area contributed by atoms with Crippen LogP contribution in [0, 0.1) is 0 Å². The van der Waals surface area contributed by atoms with Gasteiger partial charge in [-0.25, -0.2) is 8.42 Å². The summed E-state index contributed by atoms with van der Waals surface area (Å²) in [5.41, 5.74) is -0.354. The average Bonchev–Trinajstić information content (AvgIpc) is 3.01. The number of aliphatic carboxylic acids is 1. The van der Waals surface area contributed by atoms with Gasteiger partial charge in [0.15, 0.2) is 5.54 Å². The van der Waals surface area contributed by atoms with Crippen LogP contribution in [0.25, 0.3) is 0 Å². The van der Waals surface area contributed by atoms with Gasteiger partial charge >= 0.3 is 5.97 Å². The van der Waals surface area contributed by atoms with Gasteiger partial charge in [0.2, 0.25) is 0 Å². The molecule has 0 aromatic heterocycles. The number of rotatable bonds is 7. The first kappa shape index (κ1) is 20.8. The van der Waals surface area contributed by atoms with Gasteiger partial charge in [0.1, 0.15) is 0 Å². The molecule has 0 aliphatic heterocycles. The molecule has 28 heavy (non-hydrogen) atoms. The molecular formula is C19H17Cl2NO5S. The number of sulfonamides is 1. The van der Waals surface area contributed by atoms with Crippen molar-refractivity contribution in [3.8, 4) is 0 Å². The Hall–Kier alpha value is -1.90. The Bertz CT molecular complexity index is 993. The molecule has 0 atom stereocenters. The van der Waals surface area contributed by atoms with E-state index in [-0.39, 0.29) is 34.4 Å². The number of nitrogens with zero attached hydrogens (tertiary/aromatic N) is 1. The average molecular weight is 442 g/mol. The van der Waals surface area contributed by atoms with Crippen LogP contribution in [0.1, 0.15) is 11.1 Å². The number of fused-ring (bicyclic) bond motifs is 1. The van der Waals surface area contributed by atoms with Crippen molar-refractivity contribution in [2.45, 2.75) is 23.3 Å². The van der Waals surface area contributed by atoms with Crippen LogP contribution in [-0.4, -0.2) is 36.1 Å². The van der Waals surface area contributed by atoms with Crippen molar-refractivity contribution < 1.29 is 23.2 Å². The molecule has 0 heterocycles. The minimum atomic E-state index is -4.41. The summed E-state index contributed by atoms with van der Waals surface area (Å²) in [6, 6.07) is 10.9. The normalized spacial score (nSPS) is 15.4. The first-order valence-electron chi connectivity index (χ1n) is 8.26. The number of halogens is 2. The monoisotopic (exact) mass is 441 g/mol. The Labute approximate surface area is 172 Å². The van der Waals surface area contributed by atoms with Crippen molar-refractivity contribution in [1.29, 1.82) is 0 Å². The molecule has 0 bridgehead atoms. The number of carboxylic acid groups (broad SMARTS) is 1. The Kier molecular flexibility index (Phi) is 5.84. The largest absolute Gasteiger partial charge is 0.480 e. The van der Waals surface area contributed by atoms with Gasteiger partial charge in [-0.05, 0) is 29.3 Å². The van der Waals surface area contributed by atoms with Crippen LogP contribution in [0.4, 0.5) is 0 Å². The van der Waals surface area contributed by atoms with Crippen molar-refractivity contribution in [2.75, 3.05) is 6.61 Å². The maximum Gasteiger partial charge on any atom is 0.328 e. The third kappa shape index (κ3) is 3.68. The summed E-state index contributed by atoms with van der Waals surface area (Å²) >= 11 is 11.9. The molecule has 1 aliphatic rings. The van der Waals surface area contributed by atoms with Crippen molar-refractivity contribution in [3.63, 3.8) is 0 Å². The highest BCUT2D eigenvalue weighted by molar-refractivity contribution is 7.89. The molecular weight excluding hydrogens is 425 g/mol. The van der Waals surface area contributed by atoms with Gasteiger partial charge in [-0.15, -0.1) is 6.58 Å². The Morgan fingerprint density at radius 3 is 2.18 bits per heavy atom. The van der Waals surface area contributed by atoms with E-state index in [9.17, 15) is 18.3 Å². The standard InChI is InChI=1S/C19H17Cl2NO5S/c1-2-7-27-22(28(25,26)17-9-15(20)8-16(21)10-17)19(18(23)24)11-13-5-3-4-6-14(13)12-19/h2-6,8-10H,1,7,11-12H2,(H,23,24). The quantitative estimate of drug-likeness (QED) is 0.522. The summed E-state index contributed by atoms with van der Waals surface area (Å²) in [7, 11) is -4.41. The van der Waals surface area contributed by atoms with Gasteiger partial charge in [-0.3, -0.25) is 9.63 Å². The van der Waals surface area contributed by atoms with Crippen molar-refractivity contribution in [1.82, 2.24) is 4.47 Å². The van der Waals surface area contributed by atoms with E-state index in [2.05, 4.69) is 6.58 Å². The highest BCUT2D eigenvalue weighted by Gasteiger charge is 2.55. The van der Waals surface area contributed by atoms with Crippen molar-refractivity contribution in [3.05, 3.63) is 76.3 Å². The van der Waals surface area contributed by atoms with E-state index >= 15 is 0 Å². The zero-order valence-electron chi connectivity index (χ0n) is 14.6. The molecule has 2 aromatic carbocycles. The smallest absolute Gasteiger partial charge is 0.328 e. The van der Waals surface area contributed by atoms with E-state index in [4.69, 9.17) is 28.0 Å². The summed E-state index contributed by atoms with van der Waals surface area (Å²) < 4.78 is 27.3. The van der Waals surface area contributed by atoms with Gasteiger partial charge in [0, 0.05) is 22.9 Å². The molecule has 0 saturated heterocycles. The molecule has 0 fully saturated rings. The maximum absolute atomic E-state index is 13.4. The van der Waals surface area contributed by atoms with Gasteiger partial charge in [0.25, 0.3) is 10.0 Å². The van der Waals surface area contributed by atoms with Gasteiger partial charge in [-0.2, -0.15) is 0 Å². The molecule has 0 unspecified atom stereocenters. The molecule has 1 aliphatic carbocycles. The number of hydrogen-bond donors (Lipinski definition) is 1. The van der Waals surface area contributed by atoms with Gasteiger partial charge < -0.3 is 5.11 Å². The van der Waals surface area contributed by atoms with E-state index in [1.165, 1.54) is 24.3 Å². The Morgan fingerprint density at radius 2 is 1.71 bits per heavy atom. The lowest BCUT2D eigenvalue weighted by Gasteiger charge is -2.35. The zero-order valence-corrected chi connectivity index (χ0v) is 17.0. The molecule has 2 aromatic rings. The van der Waals surface area contributed by atoms with E-state index in [0.29, 0.717) is 4.47 Å². The molecule has 148 valence electrons. The van der Waals surface area contributed by atoms with Crippen LogP contribution < -0.4 is 0 Å². The van der Waals surface area contributed by atoms with E-state index in [0.717, 1.165) is 11.1 Å². The Balaban J connectivity index is 2.15. The lowest BCUT2D eigenvalue weighted by molar-refractivity contribution is -0.179. The minimum Gasteiger partial charge on any atom is -0.480 e. The number of hydroxylamine groups is 1. The van der Waals surface area contributed by atoms with Gasteiger partial charge in [0.05, 0.1) is 11.5 Å². The molecule has 6 nitrogen and oxygen atoms in total. The number of carbonyl (C=O) groups is 1. The van der Waals surface area contributed by atoms with Crippen LogP contribution >= 0.6 is 23.2 Å². The summed E-state index contributed by atoms with van der Waals surface area (Å²) in [6.07, 6.45) is 1.26. The number of benzene rings is 2. The fraction of sp³-hybridized carbons (Fsp3) is 0.211. The topological polar surface area (TPSA) is 83.9 Å². The van der Waals surface area contributed by atoms with Crippen LogP contribution in [-0.2, 0) is 32.5 Å². The van der Waals surface area contributed by atoms with Crippen LogP contribution in [0.3, 0.4) is 0 Å². The second-order valence-corrected chi connectivity index (χ2v) is 9.01.